The normalized spacial score (nSPS) is 14.9. The Hall–Kier alpha value is -2.92. The molecule has 0 bridgehead atoms. The highest BCUT2D eigenvalue weighted by Gasteiger charge is 2.23. The second-order valence-electron chi connectivity index (χ2n) is 7.52. The molecule has 0 aliphatic carbocycles. The molecule has 0 unspecified atom stereocenters. The van der Waals surface area contributed by atoms with Crippen LogP contribution in [0.3, 0.4) is 0 Å². The molecule has 150 valence electrons. The molecular formula is C24H27N3O2. The molecule has 29 heavy (non-hydrogen) atoms. The van der Waals surface area contributed by atoms with Gasteiger partial charge in [0.15, 0.2) is 0 Å². The number of nitrogens with zero attached hydrogens (tertiary/aromatic N) is 3. The van der Waals surface area contributed by atoms with E-state index in [0.717, 1.165) is 56.2 Å². The minimum absolute atomic E-state index is 0.128. The maximum absolute atomic E-state index is 12.8. The molecule has 0 radical (unpaired) electrons. The predicted molar refractivity (Wildman–Crippen MR) is 114 cm³/mol. The van der Waals surface area contributed by atoms with E-state index < -0.39 is 0 Å². The molecule has 2 aromatic carbocycles. The number of rotatable bonds is 6. The third-order valence-electron chi connectivity index (χ3n) is 5.52. The zero-order valence-corrected chi connectivity index (χ0v) is 16.9. The summed E-state index contributed by atoms with van der Waals surface area (Å²) in [6, 6.07) is 20.4. The van der Waals surface area contributed by atoms with Crippen LogP contribution >= 0.6 is 0 Å². The van der Waals surface area contributed by atoms with Gasteiger partial charge in [0.25, 0.3) is 0 Å². The summed E-state index contributed by atoms with van der Waals surface area (Å²) in [4.78, 5) is 21.7. The Morgan fingerprint density at radius 2 is 1.62 bits per heavy atom. The van der Waals surface area contributed by atoms with E-state index >= 15 is 0 Å². The molecule has 3 aromatic rings. The van der Waals surface area contributed by atoms with Crippen molar-refractivity contribution in [2.45, 2.75) is 19.8 Å². The van der Waals surface area contributed by atoms with Gasteiger partial charge in [-0.15, -0.1) is 0 Å². The van der Waals surface area contributed by atoms with Crippen LogP contribution in [-0.4, -0.2) is 53.4 Å². The van der Waals surface area contributed by atoms with Crippen LogP contribution in [0.25, 0.3) is 11.5 Å². The molecule has 1 saturated heterocycles. The lowest BCUT2D eigenvalue weighted by molar-refractivity contribution is -0.132. The van der Waals surface area contributed by atoms with E-state index in [1.807, 2.05) is 48.2 Å². The number of carbonyl (C=O) groups is 1. The Balaban J connectivity index is 1.28. The molecule has 0 spiro atoms. The first-order valence-electron chi connectivity index (χ1n) is 10.2. The fourth-order valence-electron chi connectivity index (χ4n) is 3.70. The van der Waals surface area contributed by atoms with Crippen LogP contribution in [0, 0.1) is 6.92 Å². The third-order valence-corrected chi connectivity index (χ3v) is 5.52. The van der Waals surface area contributed by atoms with E-state index in [2.05, 4.69) is 34.1 Å². The first kappa shape index (κ1) is 19.4. The average Bonchev–Trinajstić information content (AvgIpc) is 3.14. The van der Waals surface area contributed by atoms with Crippen LogP contribution in [0.2, 0.25) is 0 Å². The highest BCUT2D eigenvalue weighted by atomic mass is 16.4. The predicted octanol–water partition coefficient (Wildman–Crippen LogP) is 3.58. The lowest BCUT2D eigenvalue weighted by Gasteiger charge is -2.34. The zero-order valence-electron chi connectivity index (χ0n) is 16.9. The Morgan fingerprint density at radius 1 is 0.966 bits per heavy atom. The van der Waals surface area contributed by atoms with Crippen LogP contribution in [0.1, 0.15) is 17.0 Å². The topological polar surface area (TPSA) is 49.6 Å². The Labute approximate surface area is 172 Å². The third kappa shape index (κ3) is 4.93. The largest absolute Gasteiger partial charge is 0.441 e. The molecule has 0 N–H and O–H groups in total. The summed E-state index contributed by atoms with van der Waals surface area (Å²) in [5.41, 5.74) is 3.03. The monoisotopic (exact) mass is 389 g/mol. The van der Waals surface area contributed by atoms with E-state index in [0.29, 0.717) is 12.3 Å². The second-order valence-corrected chi connectivity index (χ2v) is 7.52. The van der Waals surface area contributed by atoms with Gasteiger partial charge >= 0.3 is 0 Å². The van der Waals surface area contributed by atoms with Crippen molar-refractivity contribution in [1.29, 1.82) is 0 Å². The number of oxazole rings is 1. The van der Waals surface area contributed by atoms with E-state index in [-0.39, 0.29) is 5.91 Å². The van der Waals surface area contributed by atoms with Gasteiger partial charge in [0, 0.05) is 38.3 Å². The van der Waals surface area contributed by atoms with Crippen molar-refractivity contribution in [3.05, 3.63) is 77.7 Å². The van der Waals surface area contributed by atoms with Gasteiger partial charge < -0.3 is 9.32 Å². The molecule has 1 aromatic heterocycles. The van der Waals surface area contributed by atoms with E-state index in [1.54, 1.807) is 0 Å². The number of hydrogen-bond donors (Lipinski definition) is 0. The minimum Gasteiger partial charge on any atom is -0.441 e. The van der Waals surface area contributed by atoms with Crippen molar-refractivity contribution < 1.29 is 9.21 Å². The smallest absolute Gasteiger partial charge is 0.228 e. The van der Waals surface area contributed by atoms with Gasteiger partial charge in [0.1, 0.15) is 5.76 Å². The standard InChI is InChI=1S/C24H27N3O2/c1-19-22(25-24(29-19)21-10-6-3-7-11-21)18-23(28)27-16-14-26(15-17-27)13-12-20-8-4-2-5-9-20/h2-11H,12-18H2,1H3. The second kappa shape index (κ2) is 9.05. The molecule has 1 amide bonds. The van der Waals surface area contributed by atoms with Crippen molar-refractivity contribution in [2.75, 3.05) is 32.7 Å². The molecular weight excluding hydrogens is 362 g/mol. The zero-order chi connectivity index (χ0) is 20.1. The Kier molecular flexibility index (Phi) is 6.06. The van der Waals surface area contributed by atoms with Crippen LogP contribution in [0.5, 0.6) is 0 Å². The molecule has 1 aliphatic rings. The fraction of sp³-hybridized carbons (Fsp3) is 0.333. The Bertz CT molecular complexity index is 929. The molecule has 1 aliphatic heterocycles. The summed E-state index contributed by atoms with van der Waals surface area (Å²) < 4.78 is 5.79. The van der Waals surface area contributed by atoms with Gasteiger partial charge in [0.2, 0.25) is 11.8 Å². The number of aromatic nitrogens is 1. The van der Waals surface area contributed by atoms with Gasteiger partial charge in [-0.1, -0.05) is 48.5 Å². The maximum atomic E-state index is 12.8. The minimum atomic E-state index is 0.128. The number of carbonyl (C=O) groups excluding carboxylic acids is 1. The summed E-state index contributed by atoms with van der Waals surface area (Å²) in [6.45, 7) is 6.31. The molecule has 2 heterocycles. The van der Waals surface area contributed by atoms with Crippen molar-refractivity contribution in [3.8, 4) is 11.5 Å². The van der Waals surface area contributed by atoms with Gasteiger partial charge in [0.05, 0.1) is 12.1 Å². The van der Waals surface area contributed by atoms with Crippen molar-refractivity contribution in [1.82, 2.24) is 14.8 Å². The first-order chi connectivity index (χ1) is 14.2. The summed E-state index contributed by atoms with van der Waals surface area (Å²) in [5, 5.41) is 0. The molecule has 4 rings (SSSR count). The van der Waals surface area contributed by atoms with Crippen molar-refractivity contribution in [3.63, 3.8) is 0 Å². The SMILES string of the molecule is Cc1oc(-c2ccccc2)nc1CC(=O)N1CCN(CCc2ccccc2)CC1. The first-order valence-corrected chi connectivity index (χ1v) is 10.2. The van der Waals surface area contributed by atoms with Crippen LogP contribution in [0.4, 0.5) is 0 Å². The number of benzene rings is 2. The number of aryl methyl sites for hydroxylation is 1. The maximum Gasteiger partial charge on any atom is 0.228 e. The quantitative estimate of drug-likeness (QED) is 0.647. The van der Waals surface area contributed by atoms with Gasteiger partial charge in [-0.25, -0.2) is 4.98 Å². The lowest BCUT2D eigenvalue weighted by atomic mass is 10.1. The van der Waals surface area contributed by atoms with Crippen LogP contribution < -0.4 is 0 Å². The van der Waals surface area contributed by atoms with Crippen molar-refractivity contribution >= 4 is 5.91 Å². The summed E-state index contributed by atoms with van der Waals surface area (Å²) in [5.74, 6) is 1.43. The molecule has 5 heteroatoms. The number of piperazine rings is 1. The lowest BCUT2D eigenvalue weighted by Crippen LogP contribution is -2.49. The molecule has 5 nitrogen and oxygen atoms in total. The number of hydrogen-bond acceptors (Lipinski definition) is 4. The molecule has 1 fully saturated rings. The highest BCUT2D eigenvalue weighted by Crippen LogP contribution is 2.22. The summed E-state index contributed by atoms with van der Waals surface area (Å²) >= 11 is 0. The van der Waals surface area contributed by atoms with Crippen molar-refractivity contribution in [2.24, 2.45) is 0 Å². The number of amides is 1. The fourth-order valence-corrected chi connectivity index (χ4v) is 3.70. The van der Waals surface area contributed by atoms with E-state index in [4.69, 9.17) is 4.42 Å². The molecule has 0 saturated carbocycles. The van der Waals surface area contributed by atoms with E-state index in [1.165, 1.54) is 5.56 Å². The van der Waals surface area contributed by atoms with Crippen LogP contribution in [0.15, 0.2) is 65.1 Å². The molecule has 0 atom stereocenters. The summed E-state index contributed by atoms with van der Waals surface area (Å²) in [7, 11) is 0. The van der Waals surface area contributed by atoms with Gasteiger partial charge in [-0.3, -0.25) is 9.69 Å². The van der Waals surface area contributed by atoms with Gasteiger partial charge in [-0.2, -0.15) is 0 Å². The summed E-state index contributed by atoms with van der Waals surface area (Å²) in [6.07, 6.45) is 1.35. The average molecular weight is 389 g/mol. The van der Waals surface area contributed by atoms with Gasteiger partial charge in [-0.05, 0) is 31.0 Å². The highest BCUT2D eigenvalue weighted by molar-refractivity contribution is 5.78. The Morgan fingerprint density at radius 3 is 2.31 bits per heavy atom. The van der Waals surface area contributed by atoms with E-state index in [9.17, 15) is 4.79 Å². The van der Waals surface area contributed by atoms with Crippen LogP contribution in [-0.2, 0) is 17.6 Å².